The summed E-state index contributed by atoms with van der Waals surface area (Å²) in [5, 5.41) is 28.1. The van der Waals surface area contributed by atoms with Crippen LogP contribution in [0.1, 0.15) is 34.3 Å². The first-order chi connectivity index (χ1) is 17.0. The molecular weight excluding hydrogens is 518 g/mol. The lowest BCUT2D eigenvalue weighted by Gasteiger charge is -2.29. The van der Waals surface area contributed by atoms with Crippen molar-refractivity contribution in [2.75, 3.05) is 13.1 Å². The van der Waals surface area contributed by atoms with Crippen LogP contribution in [0.4, 0.5) is 26.3 Å². The highest BCUT2D eigenvalue weighted by molar-refractivity contribution is 5.96. The van der Waals surface area contributed by atoms with Crippen molar-refractivity contribution in [1.82, 2.24) is 19.7 Å². The highest BCUT2D eigenvalue weighted by Crippen LogP contribution is 2.33. The van der Waals surface area contributed by atoms with Gasteiger partial charge in [-0.25, -0.2) is 14.4 Å². The quantitative estimate of drug-likeness (QED) is 0.498. The maximum atomic E-state index is 11.9. The van der Waals surface area contributed by atoms with Crippen molar-refractivity contribution in [3.05, 3.63) is 35.3 Å². The molecule has 1 fully saturated rings. The van der Waals surface area contributed by atoms with Crippen molar-refractivity contribution in [3.63, 3.8) is 0 Å². The molecule has 0 unspecified atom stereocenters. The first-order valence-corrected chi connectivity index (χ1v) is 10.6. The second kappa shape index (κ2) is 11.6. The number of alkyl halides is 6. The molecule has 1 saturated carbocycles. The number of pyridine rings is 1. The standard InChI is InChI=1S/C17H20N4O2.2C2HF3O2/c1-20-9-13(7-19-20)16-15(17(22)23)14-4-5-21(8-11-2-3-11)10-12(14)6-18-16;2*3-2(4,5)1(6)7/h6-7,9,11H,2-5,8,10H2,1H3,(H,22,23);2*(H,6,7). The number of nitrogens with zero attached hydrogens (tertiary/aromatic N) is 4. The Bertz CT molecular complexity index is 1120. The molecular formula is C21H22F6N4O6. The van der Waals surface area contributed by atoms with Gasteiger partial charge in [-0.2, -0.15) is 31.4 Å². The maximum Gasteiger partial charge on any atom is 0.490 e. The molecule has 3 heterocycles. The number of aryl methyl sites for hydroxylation is 1. The van der Waals surface area contributed by atoms with Gasteiger partial charge in [0.1, 0.15) is 0 Å². The van der Waals surface area contributed by atoms with Crippen molar-refractivity contribution in [3.8, 4) is 11.3 Å². The molecule has 204 valence electrons. The number of carboxylic acids is 3. The Balaban J connectivity index is 0.000000286. The molecule has 0 saturated heterocycles. The zero-order valence-electron chi connectivity index (χ0n) is 19.2. The minimum atomic E-state index is -5.08. The van der Waals surface area contributed by atoms with Crippen LogP contribution in [0.15, 0.2) is 18.6 Å². The Morgan fingerprint density at radius 1 is 1.00 bits per heavy atom. The van der Waals surface area contributed by atoms with Crippen LogP contribution in [0.5, 0.6) is 0 Å². The molecule has 1 aliphatic heterocycles. The summed E-state index contributed by atoms with van der Waals surface area (Å²) in [6.07, 6.45) is -1.39. The number of hydrogen-bond acceptors (Lipinski definition) is 6. The van der Waals surface area contributed by atoms with Crippen LogP contribution >= 0.6 is 0 Å². The molecule has 4 rings (SSSR count). The third kappa shape index (κ3) is 8.73. The second-order valence-electron chi connectivity index (χ2n) is 8.23. The van der Waals surface area contributed by atoms with E-state index in [1.807, 2.05) is 19.4 Å². The summed E-state index contributed by atoms with van der Waals surface area (Å²) in [6, 6.07) is 0. The molecule has 0 aromatic carbocycles. The molecule has 2 aliphatic rings. The van der Waals surface area contributed by atoms with Crippen molar-refractivity contribution in [2.24, 2.45) is 13.0 Å². The van der Waals surface area contributed by atoms with Crippen LogP contribution in [0.2, 0.25) is 0 Å². The molecule has 0 spiro atoms. The number of aromatic nitrogens is 3. The summed E-state index contributed by atoms with van der Waals surface area (Å²) in [5.74, 6) is -5.57. The largest absolute Gasteiger partial charge is 0.490 e. The van der Waals surface area contributed by atoms with E-state index in [-0.39, 0.29) is 0 Å². The van der Waals surface area contributed by atoms with Crippen LogP contribution in [0.3, 0.4) is 0 Å². The maximum absolute atomic E-state index is 11.9. The molecule has 37 heavy (non-hydrogen) atoms. The lowest BCUT2D eigenvalue weighted by Crippen LogP contribution is -2.33. The van der Waals surface area contributed by atoms with Crippen molar-refractivity contribution >= 4 is 17.9 Å². The molecule has 0 bridgehead atoms. The topological polar surface area (TPSA) is 146 Å². The predicted molar refractivity (Wildman–Crippen MR) is 112 cm³/mol. The fourth-order valence-corrected chi connectivity index (χ4v) is 3.41. The zero-order valence-corrected chi connectivity index (χ0v) is 19.2. The van der Waals surface area contributed by atoms with Crippen LogP contribution in [0.25, 0.3) is 11.3 Å². The molecule has 0 radical (unpaired) electrons. The first-order valence-electron chi connectivity index (χ1n) is 10.6. The van der Waals surface area contributed by atoms with Crippen molar-refractivity contribution < 1.29 is 56.0 Å². The second-order valence-corrected chi connectivity index (χ2v) is 8.23. The molecule has 2 aromatic heterocycles. The lowest BCUT2D eigenvalue weighted by molar-refractivity contribution is -0.193. The molecule has 16 heteroatoms. The monoisotopic (exact) mass is 540 g/mol. The molecule has 1 aliphatic carbocycles. The minimum absolute atomic E-state index is 0.349. The van der Waals surface area contributed by atoms with Gasteiger partial charge >= 0.3 is 30.3 Å². The van der Waals surface area contributed by atoms with Gasteiger partial charge in [-0.05, 0) is 36.3 Å². The van der Waals surface area contributed by atoms with E-state index >= 15 is 0 Å². The van der Waals surface area contributed by atoms with Crippen LogP contribution < -0.4 is 0 Å². The van der Waals surface area contributed by atoms with E-state index in [1.165, 1.54) is 12.8 Å². The zero-order chi connectivity index (χ0) is 28.1. The SMILES string of the molecule is Cn1cc(-c2ncc3c(c2C(=O)O)CCN(CC2CC2)C3)cn1.O=C(O)C(F)(F)F.O=C(O)C(F)(F)F. The highest BCUT2D eigenvalue weighted by Gasteiger charge is 2.39. The Morgan fingerprint density at radius 3 is 1.95 bits per heavy atom. The van der Waals surface area contributed by atoms with Gasteiger partial charge in [0.2, 0.25) is 0 Å². The number of hydrogen-bond donors (Lipinski definition) is 3. The number of aliphatic carboxylic acids is 2. The first kappa shape index (κ1) is 29.5. The summed E-state index contributed by atoms with van der Waals surface area (Å²) in [7, 11) is 1.82. The van der Waals surface area contributed by atoms with E-state index in [0.29, 0.717) is 11.3 Å². The van der Waals surface area contributed by atoms with Gasteiger partial charge in [0, 0.05) is 44.6 Å². The van der Waals surface area contributed by atoms with Gasteiger partial charge < -0.3 is 15.3 Å². The van der Waals surface area contributed by atoms with E-state index in [9.17, 15) is 36.2 Å². The molecule has 10 nitrogen and oxygen atoms in total. The smallest absolute Gasteiger partial charge is 0.478 e. The van der Waals surface area contributed by atoms with Crippen LogP contribution in [0, 0.1) is 5.92 Å². The Morgan fingerprint density at radius 2 is 1.54 bits per heavy atom. The summed E-state index contributed by atoms with van der Waals surface area (Å²) in [6.45, 7) is 2.87. The Labute approximate surface area is 205 Å². The fourth-order valence-electron chi connectivity index (χ4n) is 3.41. The number of aromatic carboxylic acids is 1. The van der Waals surface area contributed by atoms with Crippen LogP contribution in [-0.4, -0.2) is 78.3 Å². The predicted octanol–water partition coefficient (Wildman–Crippen LogP) is 3.22. The molecule has 2 aromatic rings. The Kier molecular flexibility index (Phi) is 9.24. The molecule has 0 atom stereocenters. The van der Waals surface area contributed by atoms with Crippen molar-refractivity contribution in [2.45, 2.75) is 38.2 Å². The fraction of sp³-hybridized carbons (Fsp3) is 0.476. The summed E-state index contributed by atoms with van der Waals surface area (Å²) < 4.78 is 65.1. The number of fused-ring (bicyclic) bond motifs is 1. The highest BCUT2D eigenvalue weighted by atomic mass is 19.4. The average Bonchev–Trinajstić information content (AvgIpc) is 3.48. The van der Waals surface area contributed by atoms with Crippen molar-refractivity contribution in [1.29, 1.82) is 0 Å². The number of rotatable bonds is 4. The van der Waals surface area contributed by atoms with Gasteiger partial charge in [-0.15, -0.1) is 0 Å². The number of carbonyl (C=O) groups is 3. The summed E-state index contributed by atoms with van der Waals surface area (Å²) in [5.41, 5.74) is 3.63. The third-order valence-electron chi connectivity index (χ3n) is 5.24. The Hall–Kier alpha value is -3.69. The van der Waals surface area contributed by atoms with Gasteiger partial charge in [-0.3, -0.25) is 14.6 Å². The lowest BCUT2D eigenvalue weighted by atomic mass is 9.93. The normalized spacial score (nSPS) is 15.4. The van der Waals surface area contributed by atoms with Crippen LogP contribution in [-0.2, 0) is 29.6 Å². The van der Waals surface area contributed by atoms with Gasteiger partial charge in [-0.1, -0.05) is 0 Å². The van der Waals surface area contributed by atoms with E-state index in [4.69, 9.17) is 19.8 Å². The number of halogens is 6. The van der Waals surface area contributed by atoms with E-state index < -0.39 is 30.3 Å². The third-order valence-corrected chi connectivity index (χ3v) is 5.24. The van der Waals surface area contributed by atoms with Gasteiger partial charge in [0.25, 0.3) is 0 Å². The summed E-state index contributed by atoms with van der Waals surface area (Å²) >= 11 is 0. The molecule has 0 amide bonds. The van der Waals surface area contributed by atoms with Gasteiger partial charge in [0.15, 0.2) is 0 Å². The van der Waals surface area contributed by atoms with E-state index in [2.05, 4.69) is 15.0 Å². The van der Waals surface area contributed by atoms with Gasteiger partial charge in [0.05, 0.1) is 17.5 Å². The van der Waals surface area contributed by atoms with E-state index in [1.54, 1.807) is 10.9 Å². The minimum Gasteiger partial charge on any atom is -0.478 e. The number of carboxylic acid groups (broad SMARTS) is 3. The van der Waals surface area contributed by atoms with E-state index in [0.717, 1.165) is 48.7 Å². The molecule has 3 N–H and O–H groups in total. The average molecular weight is 540 g/mol. The summed E-state index contributed by atoms with van der Waals surface area (Å²) in [4.78, 5) is 36.5.